The Morgan fingerprint density at radius 1 is 0.920 bits per heavy atom. The number of para-hydroxylation sites is 1. The third-order valence-corrected chi connectivity index (χ3v) is 4.60. The van der Waals surface area contributed by atoms with Gasteiger partial charge in [-0.2, -0.15) is 0 Å². The zero-order valence-corrected chi connectivity index (χ0v) is 15.1. The first-order valence-corrected chi connectivity index (χ1v) is 8.51. The van der Waals surface area contributed by atoms with Crippen molar-refractivity contribution >= 4 is 6.08 Å². The Morgan fingerprint density at radius 2 is 1.60 bits per heavy atom. The maximum absolute atomic E-state index is 5.43. The van der Waals surface area contributed by atoms with Crippen LogP contribution in [-0.2, 0) is 13.0 Å². The second-order valence-corrected chi connectivity index (χ2v) is 6.11. The van der Waals surface area contributed by atoms with E-state index in [0.717, 1.165) is 48.9 Å². The van der Waals surface area contributed by atoms with Crippen LogP contribution >= 0.6 is 0 Å². The molecule has 0 amide bonds. The third-order valence-electron chi connectivity index (χ3n) is 4.60. The maximum atomic E-state index is 5.43. The number of nitrogens with zero attached hydrogens (tertiary/aromatic N) is 1. The Kier molecular flexibility index (Phi) is 5.61. The fourth-order valence-corrected chi connectivity index (χ4v) is 3.23. The fourth-order valence-electron chi connectivity index (χ4n) is 3.23. The topological polar surface area (TPSA) is 30.9 Å². The predicted octanol–water partition coefficient (Wildman–Crippen LogP) is 3.78. The highest BCUT2D eigenvalue weighted by molar-refractivity contribution is 5.57. The van der Waals surface area contributed by atoms with Crippen LogP contribution in [0.15, 0.2) is 42.5 Å². The van der Waals surface area contributed by atoms with Gasteiger partial charge in [-0.25, -0.2) is 0 Å². The molecule has 2 aromatic rings. The predicted molar refractivity (Wildman–Crippen MR) is 101 cm³/mol. The lowest BCUT2D eigenvalue weighted by atomic mass is 9.99. The summed E-state index contributed by atoms with van der Waals surface area (Å²) in [5.74, 6) is 2.51. The van der Waals surface area contributed by atoms with E-state index in [9.17, 15) is 0 Å². The van der Waals surface area contributed by atoms with Crippen LogP contribution in [0.25, 0.3) is 6.08 Å². The van der Waals surface area contributed by atoms with Gasteiger partial charge in [0.15, 0.2) is 11.5 Å². The molecule has 0 atom stereocenters. The van der Waals surface area contributed by atoms with E-state index in [1.54, 1.807) is 21.3 Å². The molecular formula is C21H25NO3. The molecule has 4 nitrogen and oxygen atoms in total. The molecule has 4 heteroatoms. The molecule has 0 unspecified atom stereocenters. The second kappa shape index (κ2) is 8.08. The van der Waals surface area contributed by atoms with E-state index >= 15 is 0 Å². The monoisotopic (exact) mass is 339 g/mol. The van der Waals surface area contributed by atoms with Gasteiger partial charge in [0, 0.05) is 25.2 Å². The highest BCUT2D eigenvalue weighted by atomic mass is 16.5. The molecule has 0 saturated heterocycles. The summed E-state index contributed by atoms with van der Waals surface area (Å²) in [5.41, 5.74) is 3.77. The summed E-state index contributed by atoms with van der Waals surface area (Å²) in [5, 5.41) is 0. The van der Waals surface area contributed by atoms with Crippen LogP contribution in [0.2, 0.25) is 0 Å². The summed E-state index contributed by atoms with van der Waals surface area (Å²) in [6.45, 7) is 2.87. The Labute approximate surface area is 149 Å². The standard InChI is InChI=1S/C21H25NO3/c1-23-19-9-5-4-7-16(19)8-6-11-22-12-10-17-13-20(24-2)21(25-3)14-18(17)15-22/h4-9,13-14H,10-12,15H2,1-3H3. The summed E-state index contributed by atoms with van der Waals surface area (Å²) >= 11 is 0. The summed E-state index contributed by atoms with van der Waals surface area (Å²) < 4.78 is 16.2. The highest BCUT2D eigenvalue weighted by Gasteiger charge is 2.18. The summed E-state index contributed by atoms with van der Waals surface area (Å²) in [7, 11) is 5.07. The molecule has 0 spiro atoms. The molecule has 2 aromatic carbocycles. The first-order valence-electron chi connectivity index (χ1n) is 8.51. The van der Waals surface area contributed by atoms with E-state index in [0.29, 0.717) is 0 Å². The summed E-state index contributed by atoms with van der Waals surface area (Å²) in [6.07, 6.45) is 5.35. The van der Waals surface area contributed by atoms with E-state index in [4.69, 9.17) is 14.2 Å². The van der Waals surface area contributed by atoms with Gasteiger partial charge < -0.3 is 14.2 Å². The van der Waals surface area contributed by atoms with Crippen molar-refractivity contribution in [1.82, 2.24) is 4.90 Å². The van der Waals surface area contributed by atoms with Crippen molar-refractivity contribution in [3.8, 4) is 17.2 Å². The van der Waals surface area contributed by atoms with Crippen LogP contribution in [0.4, 0.5) is 0 Å². The average Bonchev–Trinajstić information content (AvgIpc) is 2.67. The van der Waals surface area contributed by atoms with Crippen LogP contribution in [-0.4, -0.2) is 39.3 Å². The Bertz CT molecular complexity index is 755. The average molecular weight is 339 g/mol. The lowest BCUT2D eigenvalue weighted by molar-refractivity contribution is 0.279. The number of hydrogen-bond donors (Lipinski definition) is 0. The van der Waals surface area contributed by atoms with Gasteiger partial charge in [0.2, 0.25) is 0 Å². The fraction of sp³-hybridized carbons (Fsp3) is 0.333. The molecule has 1 heterocycles. The molecule has 132 valence electrons. The normalized spacial score (nSPS) is 14.4. The molecule has 1 aliphatic heterocycles. The van der Waals surface area contributed by atoms with Crippen molar-refractivity contribution in [1.29, 1.82) is 0 Å². The highest BCUT2D eigenvalue weighted by Crippen LogP contribution is 2.33. The quantitative estimate of drug-likeness (QED) is 0.801. The smallest absolute Gasteiger partial charge is 0.161 e. The minimum atomic E-state index is 0.799. The number of rotatable bonds is 6. The second-order valence-electron chi connectivity index (χ2n) is 6.11. The molecule has 1 aliphatic rings. The van der Waals surface area contributed by atoms with E-state index in [-0.39, 0.29) is 0 Å². The molecule has 25 heavy (non-hydrogen) atoms. The van der Waals surface area contributed by atoms with Gasteiger partial charge in [0.25, 0.3) is 0 Å². The van der Waals surface area contributed by atoms with Crippen LogP contribution in [0.1, 0.15) is 16.7 Å². The molecule has 0 N–H and O–H groups in total. The van der Waals surface area contributed by atoms with Crippen molar-refractivity contribution in [3.05, 3.63) is 59.2 Å². The van der Waals surface area contributed by atoms with E-state index < -0.39 is 0 Å². The van der Waals surface area contributed by atoms with E-state index in [2.05, 4.69) is 35.3 Å². The van der Waals surface area contributed by atoms with Gasteiger partial charge in [-0.3, -0.25) is 4.90 Å². The minimum absolute atomic E-state index is 0.799. The van der Waals surface area contributed by atoms with Crippen LogP contribution in [0, 0.1) is 0 Å². The lowest BCUT2D eigenvalue weighted by Crippen LogP contribution is -2.30. The first kappa shape index (κ1) is 17.4. The Balaban J connectivity index is 1.68. The zero-order chi connectivity index (χ0) is 17.6. The maximum Gasteiger partial charge on any atom is 0.161 e. The van der Waals surface area contributed by atoms with Gasteiger partial charge in [-0.1, -0.05) is 30.4 Å². The molecule has 0 fully saturated rings. The molecule has 3 rings (SSSR count). The number of hydrogen-bond acceptors (Lipinski definition) is 4. The van der Waals surface area contributed by atoms with Gasteiger partial charge in [-0.15, -0.1) is 0 Å². The van der Waals surface area contributed by atoms with Crippen LogP contribution in [0.5, 0.6) is 17.2 Å². The Morgan fingerprint density at radius 3 is 2.32 bits per heavy atom. The van der Waals surface area contributed by atoms with Crippen LogP contribution in [0.3, 0.4) is 0 Å². The van der Waals surface area contributed by atoms with Crippen molar-refractivity contribution < 1.29 is 14.2 Å². The largest absolute Gasteiger partial charge is 0.496 e. The van der Waals surface area contributed by atoms with Gasteiger partial charge >= 0.3 is 0 Å². The molecule has 0 bridgehead atoms. The Hall–Kier alpha value is -2.46. The number of fused-ring (bicyclic) bond motifs is 1. The lowest BCUT2D eigenvalue weighted by Gasteiger charge is -2.28. The van der Waals surface area contributed by atoms with Crippen molar-refractivity contribution in [3.63, 3.8) is 0 Å². The van der Waals surface area contributed by atoms with Gasteiger partial charge in [0.1, 0.15) is 5.75 Å². The van der Waals surface area contributed by atoms with Gasteiger partial charge in [-0.05, 0) is 35.7 Å². The van der Waals surface area contributed by atoms with Crippen molar-refractivity contribution in [2.45, 2.75) is 13.0 Å². The number of methoxy groups -OCH3 is 3. The first-order chi connectivity index (χ1) is 12.2. The number of ether oxygens (including phenoxy) is 3. The third kappa shape index (κ3) is 3.97. The molecule has 0 aromatic heterocycles. The SMILES string of the molecule is COc1ccccc1C=CCN1CCc2cc(OC)c(OC)cc2C1. The molecule has 0 saturated carbocycles. The van der Waals surface area contributed by atoms with Gasteiger partial charge in [0.05, 0.1) is 21.3 Å². The zero-order valence-electron chi connectivity index (χ0n) is 15.1. The van der Waals surface area contributed by atoms with E-state index in [1.807, 2.05) is 18.2 Å². The molecule has 0 radical (unpaired) electrons. The van der Waals surface area contributed by atoms with Crippen LogP contribution < -0.4 is 14.2 Å². The molecular weight excluding hydrogens is 314 g/mol. The summed E-state index contributed by atoms with van der Waals surface area (Å²) in [4.78, 5) is 2.43. The minimum Gasteiger partial charge on any atom is -0.496 e. The van der Waals surface area contributed by atoms with E-state index in [1.165, 1.54) is 11.1 Å². The summed E-state index contributed by atoms with van der Waals surface area (Å²) in [6, 6.07) is 12.3. The van der Waals surface area contributed by atoms with Crippen molar-refractivity contribution in [2.24, 2.45) is 0 Å². The number of benzene rings is 2. The molecule has 0 aliphatic carbocycles. The van der Waals surface area contributed by atoms with Crippen molar-refractivity contribution in [2.75, 3.05) is 34.4 Å².